The first-order valence-corrected chi connectivity index (χ1v) is 8.83. The highest BCUT2D eigenvalue weighted by Crippen LogP contribution is 2.23. The van der Waals surface area contributed by atoms with Crippen molar-refractivity contribution >= 4 is 33.2 Å². The fourth-order valence-corrected chi connectivity index (χ4v) is 3.31. The van der Waals surface area contributed by atoms with Gasteiger partial charge in [-0.2, -0.15) is 0 Å². The van der Waals surface area contributed by atoms with E-state index in [2.05, 4.69) is 31.4 Å². The molecule has 3 rings (SSSR count). The monoisotopic (exact) mass is 403 g/mol. The van der Waals surface area contributed by atoms with Crippen LogP contribution in [-0.2, 0) is 11.3 Å². The molecular weight excluding hydrogens is 390 g/mol. The minimum absolute atomic E-state index is 0.231. The summed E-state index contributed by atoms with van der Waals surface area (Å²) in [5.41, 5.74) is 1.52. The van der Waals surface area contributed by atoms with E-state index in [0.29, 0.717) is 10.6 Å². The number of rotatable bonds is 5. The van der Waals surface area contributed by atoms with Crippen molar-refractivity contribution in [3.8, 4) is 10.6 Å². The number of carbonyl (C=O) groups excluding carboxylic acids is 1. The molecule has 0 spiro atoms. The van der Waals surface area contributed by atoms with Gasteiger partial charge in [0.1, 0.15) is 10.0 Å². The molecule has 7 heteroatoms. The zero-order valence-electron chi connectivity index (χ0n) is 12.5. The van der Waals surface area contributed by atoms with E-state index in [1.165, 1.54) is 11.3 Å². The summed E-state index contributed by atoms with van der Waals surface area (Å²) in [7, 11) is 0. The third kappa shape index (κ3) is 4.05. The number of amides is 1. The van der Waals surface area contributed by atoms with Crippen LogP contribution in [0.2, 0.25) is 0 Å². The summed E-state index contributed by atoms with van der Waals surface area (Å²) in [5, 5.41) is 22.5. The third-order valence-corrected chi connectivity index (χ3v) is 4.78. The van der Waals surface area contributed by atoms with Gasteiger partial charge in [-0.25, -0.2) is 0 Å². The second-order valence-electron chi connectivity index (χ2n) is 5.04. The van der Waals surface area contributed by atoms with Gasteiger partial charge >= 0.3 is 0 Å². The van der Waals surface area contributed by atoms with Crippen LogP contribution in [0.5, 0.6) is 0 Å². The van der Waals surface area contributed by atoms with Gasteiger partial charge in [-0.15, -0.1) is 10.2 Å². The fourth-order valence-electron chi connectivity index (χ4n) is 2.11. The molecule has 0 saturated carbocycles. The van der Waals surface area contributed by atoms with Crippen LogP contribution >= 0.6 is 27.3 Å². The standard InChI is InChI=1S/C17H14BrN3O2S/c18-13-8-4-7-12(9-13)15(22)16(23)19-10-14-20-21-17(24-14)11-5-2-1-3-6-11/h1-9,15,22H,10H2,(H,19,23). The maximum atomic E-state index is 12.1. The number of hydrogen-bond acceptors (Lipinski definition) is 5. The Morgan fingerprint density at radius 3 is 2.71 bits per heavy atom. The zero-order valence-corrected chi connectivity index (χ0v) is 14.9. The summed E-state index contributed by atoms with van der Waals surface area (Å²) < 4.78 is 0.809. The van der Waals surface area contributed by atoms with E-state index in [4.69, 9.17) is 0 Å². The average molecular weight is 404 g/mol. The van der Waals surface area contributed by atoms with E-state index in [-0.39, 0.29) is 6.54 Å². The highest BCUT2D eigenvalue weighted by atomic mass is 79.9. The molecule has 5 nitrogen and oxygen atoms in total. The average Bonchev–Trinajstić information content (AvgIpc) is 3.09. The minimum atomic E-state index is -1.22. The molecule has 0 bridgehead atoms. The molecule has 0 fully saturated rings. The minimum Gasteiger partial charge on any atom is -0.378 e. The topological polar surface area (TPSA) is 75.1 Å². The summed E-state index contributed by atoms with van der Waals surface area (Å²) >= 11 is 4.73. The molecule has 2 aromatic carbocycles. The van der Waals surface area contributed by atoms with Crippen LogP contribution in [0.15, 0.2) is 59.1 Å². The molecule has 1 atom stereocenters. The molecule has 1 aromatic heterocycles. The predicted molar refractivity (Wildman–Crippen MR) is 96.3 cm³/mol. The molecule has 3 aromatic rings. The molecule has 2 N–H and O–H groups in total. The Morgan fingerprint density at radius 1 is 1.17 bits per heavy atom. The van der Waals surface area contributed by atoms with Gasteiger partial charge in [0, 0.05) is 10.0 Å². The lowest BCUT2D eigenvalue weighted by atomic mass is 10.1. The summed E-state index contributed by atoms with van der Waals surface area (Å²) in [4.78, 5) is 12.1. The summed E-state index contributed by atoms with van der Waals surface area (Å²) in [6.07, 6.45) is -1.22. The van der Waals surface area contributed by atoms with Crippen LogP contribution in [0.4, 0.5) is 0 Å². The Bertz CT molecular complexity index is 839. The van der Waals surface area contributed by atoms with Gasteiger partial charge in [0.2, 0.25) is 0 Å². The molecule has 0 aliphatic heterocycles. The Labute approximate surface area is 151 Å². The number of benzene rings is 2. The van der Waals surface area contributed by atoms with Crippen LogP contribution < -0.4 is 5.32 Å². The molecule has 0 aliphatic rings. The maximum absolute atomic E-state index is 12.1. The molecule has 122 valence electrons. The second-order valence-corrected chi connectivity index (χ2v) is 7.02. The lowest BCUT2D eigenvalue weighted by Gasteiger charge is -2.11. The Hall–Kier alpha value is -2.09. The van der Waals surface area contributed by atoms with Crippen molar-refractivity contribution in [2.45, 2.75) is 12.6 Å². The third-order valence-electron chi connectivity index (χ3n) is 3.31. The van der Waals surface area contributed by atoms with E-state index in [1.54, 1.807) is 18.2 Å². The first-order valence-electron chi connectivity index (χ1n) is 7.22. The number of hydrogen-bond donors (Lipinski definition) is 2. The molecule has 1 unspecified atom stereocenters. The van der Waals surface area contributed by atoms with Crippen molar-refractivity contribution in [2.24, 2.45) is 0 Å². The van der Waals surface area contributed by atoms with Crippen LogP contribution in [-0.4, -0.2) is 21.2 Å². The Kier molecular flexibility index (Phi) is 5.34. The molecule has 0 saturated heterocycles. The number of nitrogens with one attached hydrogen (secondary N) is 1. The second kappa shape index (κ2) is 7.65. The quantitative estimate of drug-likeness (QED) is 0.684. The van der Waals surface area contributed by atoms with Gasteiger partial charge in [0.15, 0.2) is 6.10 Å². The van der Waals surface area contributed by atoms with Gasteiger partial charge in [0.25, 0.3) is 5.91 Å². The van der Waals surface area contributed by atoms with Crippen LogP contribution in [0.1, 0.15) is 16.7 Å². The van der Waals surface area contributed by atoms with Crippen molar-refractivity contribution in [3.05, 3.63) is 69.6 Å². The van der Waals surface area contributed by atoms with E-state index < -0.39 is 12.0 Å². The van der Waals surface area contributed by atoms with E-state index in [1.807, 2.05) is 36.4 Å². The van der Waals surface area contributed by atoms with Crippen molar-refractivity contribution in [1.82, 2.24) is 15.5 Å². The van der Waals surface area contributed by atoms with E-state index in [9.17, 15) is 9.90 Å². The number of aliphatic hydroxyl groups is 1. The van der Waals surface area contributed by atoms with Crippen molar-refractivity contribution in [3.63, 3.8) is 0 Å². The van der Waals surface area contributed by atoms with Gasteiger partial charge < -0.3 is 10.4 Å². The number of aliphatic hydroxyl groups excluding tert-OH is 1. The smallest absolute Gasteiger partial charge is 0.253 e. The molecular formula is C17H14BrN3O2S. The van der Waals surface area contributed by atoms with Crippen LogP contribution in [0, 0.1) is 0 Å². The summed E-state index contributed by atoms with van der Waals surface area (Å²) in [6, 6.07) is 16.7. The molecule has 1 amide bonds. The normalized spacial score (nSPS) is 11.9. The first-order chi connectivity index (χ1) is 11.6. The number of nitrogens with zero attached hydrogens (tertiary/aromatic N) is 2. The Balaban J connectivity index is 1.61. The fraction of sp³-hybridized carbons (Fsp3) is 0.118. The molecule has 1 heterocycles. The van der Waals surface area contributed by atoms with Gasteiger partial charge in [-0.05, 0) is 17.7 Å². The molecule has 0 radical (unpaired) electrons. The predicted octanol–water partition coefficient (Wildman–Crippen LogP) is 3.32. The SMILES string of the molecule is O=C(NCc1nnc(-c2ccccc2)s1)C(O)c1cccc(Br)c1. The Morgan fingerprint density at radius 2 is 1.96 bits per heavy atom. The highest BCUT2D eigenvalue weighted by molar-refractivity contribution is 9.10. The van der Waals surface area contributed by atoms with Crippen molar-refractivity contribution in [1.29, 1.82) is 0 Å². The van der Waals surface area contributed by atoms with E-state index >= 15 is 0 Å². The first kappa shape index (κ1) is 16.8. The summed E-state index contributed by atoms with van der Waals surface area (Å²) in [6.45, 7) is 0.231. The molecule has 0 aliphatic carbocycles. The highest BCUT2D eigenvalue weighted by Gasteiger charge is 2.18. The number of aromatic nitrogens is 2. The van der Waals surface area contributed by atoms with E-state index in [0.717, 1.165) is 15.0 Å². The lowest BCUT2D eigenvalue weighted by Crippen LogP contribution is -2.28. The zero-order chi connectivity index (χ0) is 16.9. The molecule has 24 heavy (non-hydrogen) atoms. The number of carbonyl (C=O) groups is 1. The number of halogens is 1. The van der Waals surface area contributed by atoms with Crippen molar-refractivity contribution < 1.29 is 9.90 Å². The maximum Gasteiger partial charge on any atom is 0.253 e. The van der Waals surface area contributed by atoms with Crippen molar-refractivity contribution in [2.75, 3.05) is 0 Å². The van der Waals surface area contributed by atoms with Gasteiger partial charge in [-0.1, -0.05) is 69.7 Å². The van der Waals surface area contributed by atoms with Crippen LogP contribution in [0.3, 0.4) is 0 Å². The van der Waals surface area contributed by atoms with Crippen LogP contribution in [0.25, 0.3) is 10.6 Å². The summed E-state index contributed by atoms with van der Waals surface area (Å²) in [5.74, 6) is -0.468. The van der Waals surface area contributed by atoms with Gasteiger partial charge in [-0.3, -0.25) is 4.79 Å². The lowest BCUT2D eigenvalue weighted by molar-refractivity contribution is -0.129. The van der Waals surface area contributed by atoms with Gasteiger partial charge in [0.05, 0.1) is 6.54 Å². The largest absolute Gasteiger partial charge is 0.378 e.